The lowest BCUT2D eigenvalue weighted by atomic mass is 9.72. The lowest BCUT2D eigenvalue weighted by molar-refractivity contribution is -0.156. The smallest absolute Gasteiger partial charge is 0.321 e. The van der Waals surface area contributed by atoms with Crippen molar-refractivity contribution in [1.29, 1.82) is 0 Å². The number of nitrogens with one attached hydrogen (secondary N) is 1. The highest BCUT2D eigenvalue weighted by Gasteiger charge is 2.57. The van der Waals surface area contributed by atoms with Crippen molar-refractivity contribution >= 4 is 35.1 Å². The highest BCUT2D eigenvalue weighted by atomic mass is 35.5. The second-order valence-electron chi connectivity index (χ2n) is 10.6. The Bertz CT molecular complexity index is 1520. The van der Waals surface area contributed by atoms with Crippen molar-refractivity contribution in [1.82, 2.24) is 5.32 Å². The van der Waals surface area contributed by atoms with Crippen LogP contribution < -0.4 is 11.1 Å². The molecule has 1 unspecified atom stereocenters. The number of carbonyl (C=O) groups is 2. The fourth-order valence-electron chi connectivity index (χ4n) is 5.03. The van der Waals surface area contributed by atoms with Gasteiger partial charge in [-0.1, -0.05) is 77.5 Å². The number of hydrogen-bond donors (Lipinski definition) is 3. The van der Waals surface area contributed by atoms with Crippen LogP contribution in [0.4, 0.5) is 8.78 Å². The Hall–Kier alpha value is -3.48. The molecule has 4 rings (SSSR count). The summed E-state index contributed by atoms with van der Waals surface area (Å²) in [6, 6.07) is 14.8. The third-order valence-corrected chi connectivity index (χ3v) is 7.74. The van der Waals surface area contributed by atoms with E-state index in [1.54, 1.807) is 13.8 Å². The molecular weight excluding hydrogens is 573 g/mol. The highest BCUT2D eigenvalue weighted by Crippen LogP contribution is 2.44. The standard InChI is InChI=1S/C31H28Cl2F2N2O4/c1-30(2,29(40)41-17-18-7-4-3-5-8-18)16-24-31(36,14-13-19-11-12-20(32)15-23(19)34)25(27(37-24)28(38)39)21-9-6-10-22(33)26(21)35/h3-12,15,24-25,27,37H,16-17,36H2,1-2H3,(H,38,39)/t24-,25-,27+,31?/m0/s1. The van der Waals surface area contributed by atoms with Gasteiger partial charge in [-0.15, -0.1) is 0 Å². The van der Waals surface area contributed by atoms with Crippen molar-refractivity contribution in [3.8, 4) is 11.8 Å². The van der Waals surface area contributed by atoms with Crippen LogP contribution in [0, 0.1) is 28.9 Å². The van der Waals surface area contributed by atoms with E-state index in [-0.39, 0.29) is 34.2 Å². The van der Waals surface area contributed by atoms with Gasteiger partial charge in [0.2, 0.25) is 0 Å². The van der Waals surface area contributed by atoms with Crippen LogP contribution in [-0.2, 0) is 20.9 Å². The first-order valence-corrected chi connectivity index (χ1v) is 13.5. The summed E-state index contributed by atoms with van der Waals surface area (Å²) in [6.45, 7) is 3.31. The molecule has 214 valence electrons. The van der Waals surface area contributed by atoms with Gasteiger partial charge in [-0.25, -0.2) is 8.78 Å². The number of rotatable bonds is 7. The molecule has 10 heteroatoms. The van der Waals surface area contributed by atoms with E-state index in [4.69, 9.17) is 33.7 Å². The van der Waals surface area contributed by atoms with Crippen LogP contribution in [0.1, 0.15) is 42.9 Å². The monoisotopic (exact) mass is 600 g/mol. The summed E-state index contributed by atoms with van der Waals surface area (Å²) in [5, 5.41) is 13.0. The zero-order chi connectivity index (χ0) is 29.9. The Balaban J connectivity index is 1.75. The molecule has 3 aromatic carbocycles. The second-order valence-corrected chi connectivity index (χ2v) is 11.5. The molecule has 1 aliphatic rings. The first-order valence-electron chi connectivity index (χ1n) is 12.7. The van der Waals surface area contributed by atoms with E-state index in [0.29, 0.717) is 0 Å². The molecule has 0 aromatic heterocycles. The number of nitrogens with two attached hydrogens (primary N) is 1. The van der Waals surface area contributed by atoms with E-state index in [2.05, 4.69) is 17.2 Å². The summed E-state index contributed by atoms with van der Waals surface area (Å²) < 4.78 is 35.5. The van der Waals surface area contributed by atoms with Crippen molar-refractivity contribution < 1.29 is 28.2 Å². The topological polar surface area (TPSA) is 102 Å². The first-order chi connectivity index (χ1) is 19.3. The van der Waals surface area contributed by atoms with E-state index in [9.17, 15) is 19.1 Å². The number of ether oxygens (including phenoxy) is 1. The molecule has 0 bridgehead atoms. The number of benzene rings is 3. The van der Waals surface area contributed by atoms with Crippen molar-refractivity contribution in [2.75, 3.05) is 0 Å². The summed E-state index contributed by atoms with van der Waals surface area (Å²) in [6.07, 6.45) is -0.0304. The van der Waals surface area contributed by atoms with E-state index >= 15 is 4.39 Å². The zero-order valence-electron chi connectivity index (χ0n) is 22.3. The van der Waals surface area contributed by atoms with E-state index < -0.39 is 52.5 Å². The van der Waals surface area contributed by atoms with E-state index in [1.807, 2.05) is 30.3 Å². The van der Waals surface area contributed by atoms with Gasteiger partial charge < -0.3 is 15.6 Å². The number of carbonyl (C=O) groups excluding carboxylic acids is 1. The quantitative estimate of drug-likeness (QED) is 0.238. The van der Waals surface area contributed by atoms with E-state index in [0.717, 1.165) is 11.6 Å². The summed E-state index contributed by atoms with van der Waals surface area (Å²) in [5.41, 5.74) is 4.64. The van der Waals surface area contributed by atoms with Gasteiger partial charge in [-0.05, 0) is 55.7 Å². The fourth-order valence-corrected chi connectivity index (χ4v) is 5.37. The average molecular weight is 601 g/mol. The minimum atomic E-state index is -1.79. The molecule has 1 aliphatic heterocycles. The van der Waals surface area contributed by atoms with Crippen LogP contribution in [0.3, 0.4) is 0 Å². The fraction of sp³-hybridized carbons (Fsp3) is 0.290. The molecule has 1 saturated heterocycles. The maximum absolute atomic E-state index is 15.4. The molecule has 0 radical (unpaired) electrons. The van der Waals surface area contributed by atoms with Gasteiger partial charge in [0.05, 0.1) is 16.0 Å². The predicted octanol–water partition coefficient (Wildman–Crippen LogP) is 5.69. The maximum atomic E-state index is 15.4. The van der Waals surface area contributed by atoms with E-state index in [1.165, 1.54) is 30.3 Å². The second kappa shape index (κ2) is 12.2. The molecule has 6 nitrogen and oxygen atoms in total. The molecule has 3 aromatic rings. The normalized spacial score (nSPS) is 22.1. The molecular formula is C31H28Cl2F2N2O4. The number of hydrogen-bond acceptors (Lipinski definition) is 5. The summed E-state index contributed by atoms with van der Waals surface area (Å²) in [7, 11) is 0. The average Bonchev–Trinajstić information content (AvgIpc) is 3.20. The minimum Gasteiger partial charge on any atom is -0.480 e. The van der Waals surface area contributed by atoms with Crippen LogP contribution >= 0.6 is 23.2 Å². The maximum Gasteiger partial charge on any atom is 0.321 e. The van der Waals surface area contributed by atoms with Crippen molar-refractivity contribution in [2.24, 2.45) is 11.1 Å². The van der Waals surface area contributed by atoms with Gasteiger partial charge in [-0.2, -0.15) is 0 Å². The minimum absolute atomic E-state index is 0.0304. The number of aliphatic carboxylic acids is 1. The predicted molar refractivity (Wildman–Crippen MR) is 152 cm³/mol. The molecule has 0 saturated carbocycles. The van der Waals surface area contributed by atoms with Gasteiger partial charge in [0.25, 0.3) is 0 Å². The SMILES string of the molecule is CC(C)(C[C@@H]1N[C@@H](C(=O)O)[C@H](c2cccc(Cl)c2F)C1(N)C#Cc1ccc(Cl)cc1F)C(=O)OCc1ccccc1. The summed E-state index contributed by atoms with van der Waals surface area (Å²) in [5.74, 6) is 0.864. The summed E-state index contributed by atoms with van der Waals surface area (Å²) >= 11 is 11.9. The molecule has 0 aliphatic carbocycles. The first kappa shape index (κ1) is 30.5. The van der Waals surface area contributed by atoms with Crippen molar-refractivity contribution in [3.63, 3.8) is 0 Å². The van der Waals surface area contributed by atoms with Crippen LogP contribution in [0.25, 0.3) is 0 Å². The molecule has 0 amide bonds. The Morgan fingerprint density at radius 3 is 2.46 bits per heavy atom. The highest BCUT2D eigenvalue weighted by molar-refractivity contribution is 6.31. The molecule has 0 spiro atoms. The lowest BCUT2D eigenvalue weighted by Crippen LogP contribution is -2.54. The molecule has 4 atom stereocenters. The van der Waals surface area contributed by atoms with Gasteiger partial charge in [-0.3, -0.25) is 14.9 Å². The van der Waals surface area contributed by atoms with Crippen LogP contribution in [0.5, 0.6) is 0 Å². The molecule has 1 heterocycles. The van der Waals surface area contributed by atoms with Gasteiger partial charge in [0.1, 0.15) is 29.8 Å². The van der Waals surface area contributed by atoms with Gasteiger partial charge >= 0.3 is 11.9 Å². The lowest BCUT2D eigenvalue weighted by Gasteiger charge is -2.35. The van der Waals surface area contributed by atoms with Gasteiger partial charge in [0.15, 0.2) is 0 Å². The van der Waals surface area contributed by atoms with Crippen LogP contribution in [0.15, 0.2) is 66.7 Å². The number of halogens is 4. The summed E-state index contributed by atoms with van der Waals surface area (Å²) in [4.78, 5) is 25.6. The molecule has 41 heavy (non-hydrogen) atoms. The Morgan fingerprint density at radius 1 is 1.10 bits per heavy atom. The largest absolute Gasteiger partial charge is 0.480 e. The van der Waals surface area contributed by atoms with Crippen molar-refractivity contribution in [2.45, 2.75) is 50.4 Å². The number of esters is 1. The molecule has 1 fully saturated rings. The Labute approximate surface area is 246 Å². The van der Waals surface area contributed by atoms with Crippen LogP contribution in [-0.4, -0.2) is 34.7 Å². The number of carboxylic acids is 1. The number of carboxylic acid groups (broad SMARTS) is 1. The van der Waals surface area contributed by atoms with Crippen molar-refractivity contribution in [3.05, 3.63) is 105 Å². The van der Waals surface area contributed by atoms with Gasteiger partial charge in [0, 0.05) is 17.0 Å². The third-order valence-electron chi connectivity index (χ3n) is 7.21. The third kappa shape index (κ3) is 6.55. The Kier molecular flexibility index (Phi) is 9.05. The molecule has 4 N–H and O–H groups in total. The van der Waals surface area contributed by atoms with Crippen LogP contribution in [0.2, 0.25) is 10.0 Å². The zero-order valence-corrected chi connectivity index (χ0v) is 23.8. The Morgan fingerprint density at radius 2 is 1.80 bits per heavy atom.